The summed E-state index contributed by atoms with van der Waals surface area (Å²) in [6, 6.07) is 24.0. The van der Waals surface area contributed by atoms with Gasteiger partial charge < -0.3 is 14.9 Å². The second-order valence-corrected chi connectivity index (χ2v) is 7.15. The van der Waals surface area contributed by atoms with Crippen molar-refractivity contribution in [3.05, 3.63) is 78.4 Å². The zero-order valence-corrected chi connectivity index (χ0v) is 14.9. The molecule has 0 aliphatic carbocycles. The Hall–Kier alpha value is -2.34. The molecule has 0 radical (unpaired) electrons. The number of thioether (sulfide) groups is 1. The summed E-state index contributed by atoms with van der Waals surface area (Å²) in [7, 11) is 0. The zero-order valence-electron chi connectivity index (χ0n) is 14.1. The molecule has 0 saturated heterocycles. The van der Waals surface area contributed by atoms with Crippen LogP contribution in [0.3, 0.4) is 0 Å². The number of aliphatic carboxylic acids is 1. The predicted molar refractivity (Wildman–Crippen MR) is 103 cm³/mol. The van der Waals surface area contributed by atoms with Crippen LogP contribution >= 0.6 is 11.8 Å². The van der Waals surface area contributed by atoms with Crippen molar-refractivity contribution >= 4 is 28.5 Å². The number of benzene rings is 3. The van der Waals surface area contributed by atoms with E-state index in [1.54, 1.807) is 11.8 Å². The quantitative estimate of drug-likeness (QED) is 0.585. The topological polar surface area (TPSA) is 66.8 Å². The maximum Gasteiger partial charge on any atom is 0.329 e. The first-order chi connectivity index (χ1) is 12.6. The van der Waals surface area contributed by atoms with E-state index in [0.29, 0.717) is 0 Å². The van der Waals surface area contributed by atoms with Crippen LogP contribution in [0.4, 0.5) is 0 Å². The van der Waals surface area contributed by atoms with Crippen LogP contribution < -0.4 is 0 Å². The van der Waals surface area contributed by atoms with Crippen molar-refractivity contribution in [1.82, 2.24) is 0 Å². The third-order valence-electron chi connectivity index (χ3n) is 3.98. The molecule has 3 aromatic carbocycles. The van der Waals surface area contributed by atoms with Crippen molar-refractivity contribution in [3.63, 3.8) is 0 Å². The molecule has 0 aliphatic heterocycles. The number of aliphatic hydroxyl groups excluding tert-OH is 1. The second-order valence-electron chi connectivity index (χ2n) is 5.93. The molecule has 0 bridgehead atoms. The van der Waals surface area contributed by atoms with Crippen LogP contribution in [-0.2, 0) is 9.53 Å². The molecule has 0 aromatic heterocycles. The number of ether oxygens (including phenoxy) is 1. The molecule has 0 spiro atoms. The normalized spacial score (nSPS) is 13.4. The summed E-state index contributed by atoms with van der Waals surface area (Å²) in [5, 5.41) is 21.4. The lowest BCUT2D eigenvalue weighted by Crippen LogP contribution is -2.24. The summed E-state index contributed by atoms with van der Waals surface area (Å²) in [5.74, 6) is -1.05. The Balaban J connectivity index is 1.81. The Labute approximate surface area is 156 Å². The van der Waals surface area contributed by atoms with Gasteiger partial charge in [0.25, 0.3) is 0 Å². The number of fused-ring (bicyclic) bond motifs is 1. The molecular weight excluding hydrogens is 348 g/mol. The molecule has 2 unspecified atom stereocenters. The molecule has 2 atom stereocenters. The molecular formula is C21H20O4S. The van der Waals surface area contributed by atoms with Gasteiger partial charge in [-0.1, -0.05) is 60.7 Å². The Morgan fingerprint density at radius 3 is 2.38 bits per heavy atom. The van der Waals surface area contributed by atoms with Crippen LogP contribution in [0.25, 0.3) is 10.8 Å². The third-order valence-corrected chi connectivity index (χ3v) is 5.34. The van der Waals surface area contributed by atoms with Crippen LogP contribution in [0.1, 0.15) is 10.8 Å². The molecule has 0 saturated carbocycles. The first kappa shape index (κ1) is 18.5. The van der Waals surface area contributed by atoms with Crippen molar-refractivity contribution in [3.8, 4) is 0 Å². The summed E-state index contributed by atoms with van der Waals surface area (Å²) in [5.41, 5.74) is 0.970. The number of hydrogen-bond acceptors (Lipinski definition) is 4. The SMILES string of the molecule is O=C(O)COCC(O)C(Sc1ccc2ccccc2c1)c1ccccc1. The van der Waals surface area contributed by atoms with Gasteiger partial charge >= 0.3 is 5.97 Å². The molecule has 134 valence electrons. The lowest BCUT2D eigenvalue weighted by atomic mass is 10.1. The number of rotatable bonds is 8. The fourth-order valence-electron chi connectivity index (χ4n) is 2.75. The van der Waals surface area contributed by atoms with Gasteiger partial charge in [0, 0.05) is 4.90 Å². The fraction of sp³-hybridized carbons (Fsp3) is 0.190. The minimum absolute atomic E-state index is 0.0353. The second kappa shape index (κ2) is 8.85. The van der Waals surface area contributed by atoms with Gasteiger partial charge in [-0.3, -0.25) is 0 Å². The Morgan fingerprint density at radius 2 is 1.65 bits per heavy atom. The molecule has 2 N–H and O–H groups in total. The molecule has 0 fully saturated rings. The molecule has 26 heavy (non-hydrogen) atoms. The van der Waals surface area contributed by atoms with Crippen LogP contribution in [0.2, 0.25) is 0 Å². The monoisotopic (exact) mass is 368 g/mol. The minimum atomic E-state index is -1.05. The predicted octanol–water partition coefficient (Wildman–Crippen LogP) is 4.14. The Morgan fingerprint density at radius 1 is 0.962 bits per heavy atom. The first-order valence-electron chi connectivity index (χ1n) is 8.31. The first-order valence-corrected chi connectivity index (χ1v) is 9.19. The molecule has 5 heteroatoms. The summed E-state index contributed by atoms with van der Waals surface area (Å²) in [6.45, 7) is -0.453. The molecule has 3 rings (SSSR count). The van der Waals surface area contributed by atoms with Gasteiger partial charge in [0.1, 0.15) is 6.61 Å². The molecule has 4 nitrogen and oxygen atoms in total. The van der Waals surface area contributed by atoms with E-state index < -0.39 is 18.7 Å². The van der Waals surface area contributed by atoms with Crippen molar-refractivity contribution in [2.24, 2.45) is 0 Å². The van der Waals surface area contributed by atoms with Gasteiger partial charge in [-0.25, -0.2) is 4.79 Å². The van der Waals surface area contributed by atoms with E-state index in [4.69, 9.17) is 9.84 Å². The highest BCUT2D eigenvalue weighted by Crippen LogP contribution is 2.39. The molecule has 0 heterocycles. The van der Waals surface area contributed by atoms with E-state index in [1.165, 1.54) is 5.39 Å². The maximum absolute atomic E-state index is 10.6. The summed E-state index contributed by atoms with van der Waals surface area (Å²) in [6.07, 6.45) is -0.826. The minimum Gasteiger partial charge on any atom is -0.480 e. The van der Waals surface area contributed by atoms with Crippen LogP contribution in [0.15, 0.2) is 77.7 Å². The third kappa shape index (κ3) is 4.85. The highest BCUT2D eigenvalue weighted by Gasteiger charge is 2.23. The average Bonchev–Trinajstić information content (AvgIpc) is 2.66. The van der Waals surface area contributed by atoms with Gasteiger partial charge in [0.2, 0.25) is 0 Å². The summed E-state index contributed by atoms with van der Waals surface area (Å²) >= 11 is 1.55. The fourth-order valence-corrected chi connectivity index (χ4v) is 3.92. The number of aliphatic hydroxyl groups is 1. The lowest BCUT2D eigenvalue weighted by Gasteiger charge is -2.23. The number of carboxylic acids is 1. The molecule has 0 aliphatic rings. The van der Waals surface area contributed by atoms with E-state index in [9.17, 15) is 9.90 Å². The highest BCUT2D eigenvalue weighted by molar-refractivity contribution is 7.99. The number of hydrogen-bond donors (Lipinski definition) is 2. The standard InChI is InChI=1S/C21H20O4S/c22-19(13-25-14-20(23)24)21(16-7-2-1-3-8-16)26-18-11-10-15-6-4-5-9-17(15)12-18/h1-12,19,21-22H,13-14H2,(H,23,24). The maximum atomic E-state index is 10.6. The van der Waals surface area contributed by atoms with Crippen molar-refractivity contribution in [2.75, 3.05) is 13.2 Å². The number of carboxylic acid groups (broad SMARTS) is 1. The van der Waals surface area contributed by atoms with Gasteiger partial charge in [0.15, 0.2) is 0 Å². The van der Waals surface area contributed by atoms with Crippen LogP contribution in [0.5, 0.6) is 0 Å². The van der Waals surface area contributed by atoms with E-state index in [0.717, 1.165) is 15.8 Å². The van der Waals surface area contributed by atoms with Gasteiger partial charge in [-0.15, -0.1) is 11.8 Å². The van der Waals surface area contributed by atoms with E-state index >= 15 is 0 Å². The van der Waals surface area contributed by atoms with Gasteiger partial charge in [-0.2, -0.15) is 0 Å². The largest absolute Gasteiger partial charge is 0.480 e. The molecule has 3 aromatic rings. The van der Waals surface area contributed by atoms with Crippen molar-refractivity contribution in [2.45, 2.75) is 16.2 Å². The Kier molecular flexibility index (Phi) is 6.28. The molecule has 0 amide bonds. The lowest BCUT2D eigenvalue weighted by molar-refractivity contribution is -0.143. The van der Waals surface area contributed by atoms with Gasteiger partial charge in [-0.05, 0) is 28.5 Å². The van der Waals surface area contributed by atoms with Crippen LogP contribution in [0, 0.1) is 0 Å². The van der Waals surface area contributed by atoms with E-state index in [1.807, 2.05) is 48.5 Å². The Bertz CT molecular complexity index is 866. The van der Waals surface area contributed by atoms with E-state index in [2.05, 4.69) is 24.3 Å². The van der Waals surface area contributed by atoms with E-state index in [-0.39, 0.29) is 11.9 Å². The number of carbonyl (C=O) groups is 1. The smallest absolute Gasteiger partial charge is 0.329 e. The summed E-state index contributed by atoms with van der Waals surface area (Å²) < 4.78 is 5.10. The average molecular weight is 368 g/mol. The summed E-state index contributed by atoms with van der Waals surface area (Å²) in [4.78, 5) is 11.7. The van der Waals surface area contributed by atoms with Crippen LogP contribution in [-0.4, -0.2) is 35.5 Å². The van der Waals surface area contributed by atoms with Crippen molar-refractivity contribution < 1.29 is 19.7 Å². The zero-order chi connectivity index (χ0) is 18.4. The van der Waals surface area contributed by atoms with Crippen molar-refractivity contribution in [1.29, 1.82) is 0 Å². The highest BCUT2D eigenvalue weighted by atomic mass is 32.2. The van der Waals surface area contributed by atoms with Gasteiger partial charge in [0.05, 0.1) is 18.0 Å².